The van der Waals surface area contributed by atoms with E-state index >= 15 is 0 Å². The van der Waals surface area contributed by atoms with Gasteiger partial charge in [0.15, 0.2) is 0 Å². The third-order valence-electron chi connectivity index (χ3n) is 3.41. The number of ether oxygens (including phenoxy) is 1. The lowest BCUT2D eigenvalue weighted by atomic mass is 10.2. The monoisotopic (exact) mass is 350 g/mol. The van der Waals surface area contributed by atoms with Crippen LogP contribution >= 0.6 is 23.2 Å². The first-order valence-corrected chi connectivity index (χ1v) is 7.74. The Bertz CT molecular complexity index is 759. The molecule has 1 aliphatic rings. The van der Waals surface area contributed by atoms with Crippen molar-refractivity contribution >= 4 is 40.8 Å². The maximum absolute atomic E-state index is 12.2. The van der Waals surface area contributed by atoms with E-state index in [0.29, 0.717) is 24.4 Å². The zero-order chi connectivity index (χ0) is 16.4. The van der Waals surface area contributed by atoms with Gasteiger partial charge in [-0.3, -0.25) is 4.79 Å². The zero-order valence-corrected chi connectivity index (χ0v) is 13.5. The molecule has 7 heteroatoms. The highest BCUT2D eigenvalue weighted by Gasteiger charge is 2.22. The normalized spacial score (nSPS) is 14.2. The Balaban J connectivity index is 1.80. The molecule has 1 aromatic carbocycles. The van der Waals surface area contributed by atoms with E-state index in [2.05, 4.69) is 4.98 Å². The number of carbonyl (C=O) groups is 2. The van der Waals surface area contributed by atoms with Gasteiger partial charge in [0.05, 0.1) is 5.56 Å². The minimum Gasteiger partial charge on any atom is -0.423 e. The summed E-state index contributed by atoms with van der Waals surface area (Å²) in [5.74, 6) is -0.182. The Kier molecular flexibility index (Phi) is 4.50. The smallest absolute Gasteiger partial charge is 0.343 e. The van der Waals surface area contributed by atoms with Crippen LogP contribution in [-0.4, -0.2) is 23.4 Å². The van der Waals surface area contributed by atoms with Gasteiger partial charge in [0.2, 0.25) is 5.91 Å². The molecule has 1 aromatic heterocycles. The molecule has 5 nitrogen and oxygen atoms in total. The van der Waals surface area contributed by atoms with Crippen LogP contribution in [0.2, 0.25) is 10.3 Å². The molecule has 2 aromatic rings. The van der Waals surface area contributed by atoms with Crippen molar-refractivity contribution < 1.29 is 14.3 Å². The number of halogens is 2. The summed E-state index contributed by atoms with van der Waals surface area (Å²) in [6.45, 7) is 0.672. The Morgan fingerprint density at radius 3 is 2.57 bits per heavy atom. The zero-order valence-electron chi connectivity index (χ0n) is 12.0. The number of benzene rings is 1. The van der Waals surface area contributed by atoms with Crippen LogP contribution in [0.15, 0.2) is 36.4 Å². The number of hydrogen-bond donors (Lipinski definition) is 0. The van der Waals surface area contributed by atoms with Gasteiger partial charge in [-0.1, -0.05) is 29.3 Å². The summed E-state index contributed by atoms with van der Waals surface area (Å²) in [7, 11) is 0. The average Bonchev–Trinajstić information content (AvgIpc) is 2.92. The number of aromatic nitrogens is 1. The molecule has 0 radical (unpaired) electrons. The number of carbonyl (C=O) groups excluding carboxylic acids is 2. The summed E-state index contributed by atoms with van der Waals surface area (Å²) in [5, 5.41) is 0.224. The van der Waals surface area contributed by atoms with Crippen molar-refractivity contribution in [1.82, 2.24) is 4.98 Å². The van der Waals surface area contributed by atoms with Crippen LogP contribution in [0, 0.1) is 0 Å². The number of anilines is 1. The molecule has 0 bridgehead atoms. The number of hydrogen-bond acceptors (Lipinski definition) is 4. The first-order chi connectivity index (χ1) is 11.0. The molecule has 0 unspecified atom stereocenters. The van der Waals surface area contributed by atoms with Crippen molar-refractivity contribution in [3.63, 3.8) is 0 Å². The molecular weight excluding hydrogens is 339 g/mol. The minimum atomic E-state index is -0.596. The summed E-state index contributed by atoms with van der Waals surface area (Å²) in [5.41, 5.74) is 0.918. The second kappa shape index (κ2) is 6.56. The van der Waals surface area contributed by atoms with Gasteiger partial charge >= 0.3 is 5.97 Å². The predicted octanol–water partition coefficient (Wildman–Crippen LogP) is 3.73. The Hall–Kier alpha value is -2.11. The highest BCUT2D eigenvalue weighted by molar-refractivity contribution is 6.33. The van der Waals surface area contributed by atoms with Gasteiger partial charge in [-0.2, -0.15) is 0 Å². The second-order valence-electron chi connectivity index (χ2n) is 5.04. The van der Waals surface area contributed by atoms with Gasteiger partial charge in [0, 0.05) is 24.7 Å². The standard InChI is InChI=1S/C16H12Cl2N2O3/c17-13-7-10(8-14(18)19-13)16(22)23-12-4-1-3-11(9-12)20-6-2-5-15(20)21/h1,3-4,7-9H,2,5-6H2. The first kappa shape index (κ1) is 15.8. The van der Waals surface area contributed by atoms with E-state index in [4.69, 9.17) is 27.9 Å². The first-order valence-electron chi connectivity index (χ1n) is 6.98. The second-order valence-corrected chi connectivity index (χ2v) is 5.81. The van der Waals surface area contributed by atoms with Crippen LogP contribution < -0.4 is 9.64 Å². The molecule has 0 N–H and O–H groups in total. The van der Waals surface area contributed by atoms with E-state index in [0.717, 1.165) is 6.42 Å². The van der Waals surface area contributed by atoms with Crippen LogP contribution in [0.3, 0.4) is 0 Å². The molecule has 1 amide bonds. The largest absolute Gasteiger partial charge is 0.423 e. The number of esters is 1. The Labute approximate surface area is 142 Å². The molecule has 118 valence electrons. The van der Waals surface area contributed by atoms with Crippen LogP contribution in [0.4, 0.5) is 5.69 Å². The van der Waals surface area contributed by atoms with E-state index < -0.39 is 5.97 Å². The minimum absolute atomic E-state index is 0.0705. The molecule has 1 fully saturated rings. The van der Waals surface area contributed by atoms with Crippen LogP contribution in [0.5, 0.6) is 5.75 Å². The predicted molar refractivity (Wildman–Crippen MR) is 87.2 cm³/mol. The quantitative estimate of drug-likeness (QED) is 0.480. The van der Waals surface area contributed by atoms with Crippen LogP contribution in [0.1, 0.15) is 23.2 Å². The molecular formula is C16H12Cl2N2O3. The molecule has 0 saturated carbocycles. The van der Waals surface area contributed by atoms with Gasteiger partial charge in [-0.15, -0.1) is 0 Å². The molecule has 0 spiro atoms. The number of nitrogens with zero attached hydrogens (tertiary/aromatic N) is 2. The van der Waals surface area contributed by atoms with Crippen LogP contribution in [-0.2, 0) is 4.79 Å². The van der Waals surface area contributed by atoms with Gasteiger partial charge in [-0.25, -0.2) is 9.78 Å². The lowest BCUT2D eigenvalue weighted by Gasteiger charge is -2.16. The summed E-state index contributed by atoms with van der Waals surface area (Å²) < 4.78 is 5.32. The fourth-order valence-electron chi connectivity index (χ4n) is 2.38. The SMILES string of the molecule is O=C(Oc1cccc(N2CCCC2=O)c1)c1cc(Cl)nc(Cl)c1. The van der Waals surface area contributed by atoms with Gasteiger partial charge in [0.1, 0.15) is 16.1 Å². The number of pyridine rings is 1. The van der Waals surface area contributed by atoms with E-state index in [1.165, 1.54) is 12.1 Å². The molecule has 0 atom stereocenters. The van der Waals surface area contributed by atoms with Crippen molar-refractivity contribution in [2.75, 3.05) is 11.4 Å². The molecule has 2 heterocycles. The average molecular weight is 351 g/mol. The maximum atomic E-state index is 12.2. The Morgan fingerprint density at radius 2 is 1.91 bits per heavy atom. The van der Waals surface area contributed by atoms with Crippen molar-refractivity contribution in [1.29, 1.82) is 0 Å². The van der Waals surface area contributed by atoms with Gasteiger partial charge < -0.3 is 9.64 Å². The maximum Gasteiger partial charge on any atom is 0.343 e. The Morgan fingerprint density at radius 1 is 1.17 bits per heavy atom. The fraction of sp³-hybridized carbons (Fsp3) is 0.188. The lowest BCUT2D eigenvalue weighted by Crippen LogP contribution is -2.23. The van der Waals surface area contributed by atoms with E-state index in [1.54, 1.807) is 29.2 Å². The molecule has 3 rings (SSSR count). The van der Waals surface area contributed by atoms with Crippen molar-refractivity contribution in [3.05, 3.63) is 52.3 Å². The van der Waals surface area contributed by atoms with E-state index in [9.17, 15) is 9.59 Å². The van der Waals surface area contributed by atoms with E-state index in [1.807, 2.05) is 0 Å². The van der Waals surface area contributed by atoms with Crippen molar-refractivity contribution in [2.24, 2.45) is 0 Å². The summed E-state index contributed by atoms with van der Waals surface area (Å²) in [4.78, 5) is 29.4. The number of rotatable bonds is 3. The lowest BCUT2D eigenvalue weighted by molar-refractivity contribution is -0.117. The fourth-order valence-corrected chi connectivity index (χ4v) is 2.85. The molecule has 0 aliphatic carbocycles. The molecule has 23 heavy (non-hydrogen) atoms. The third-order valence-corrected chi connectivity index (χ3v) is 3.80. The van der Waals surface area contributed by atoms with Crippen molar-refractivity contribution in [2.45, 2.75) is 12.8 Å². The highest BCUT2D eigenvalue weighted by atomic mass is 35.5. The summed E-state index contributed by atoms with van der Waals surface area (Å²) >= 11 is 11.6. The third kappa shape index (κ3) is 3.63. The molecule has 1 aliphatic heterocycles. The molecule has 1 saturated heterocycles. The summed E-state index contributed by atoms with van der Waals surface area (Å²) in [6.07, 6.45) is 1.37. The number of amides is 1. The highest BCUT2D eigenvalue weighted by Crippen LogP contribution is 2.26. The van der Waals surface area contributed by atoms with E-state index in [-0.39, 0.29) is 21.8 Å². The topological polar surface area (TPSA) is 59.5 Å². The van der Waals surface area contributed by atoms with Gasteiger partial charge in [-0.05, 0) is 30.7 Å². The summed E-state index contributed by atoms with van der Waals surface area (Å²) in [6, 6.07) is 9.60. The van der Waals surface area contributed by atoms with Crippen LogP contribution in [0.25, 0.3) is 0 Å². The van der Waals surface area contributed by atoms with Crippen molar-refractivity contribution in [3.8, 4) is 5.75 Å². The van der Waals surface area contributed by atoms with Gasteiger partial charge in [0.25, 0.3) is 0 Å².